The fourth-order valence-corrected chi connectivity index (χ4v) is 3.18. The van der Waals surface area contributed by atoms with Crippen molar-refractivity contribution in [3.05, 3.63) is 35.4 Å². The second kappa shape index (κ2) is 7.21. The number of aliphatic hydroxyl groups excluding tert-OH is 1. The van der Waals surface area contributed by atoms with Gasteiger partial charge in [-0.1, -0.05) is 42.7 Å². The summed E-state index contributed by atoms with van der Waals surface area (Å²) in [7, 11) is 2.11. The summed E-state index contributed by atoms with van der Waals surface area (Å²) in [6.07, 6.45) is 5.22. The van der Waals surface area contributed by atoms with Gasteiger partial charge in [-0.2, -0.15) is 0 Å². The first-order valence-electron chi connectivity index (χ1n) is 7.78. The zero-order valence-electron chi connectivity index (χ0n) is 12.8. The van der Waals surface area contributed by atoms with E-state index in [0.717, 1.165) is 32.2 Å². The predicted molar refractivity (Wildman–Crippen MR) is 83.6 cm³/mol. The molecule has 1 fully saturated rings. The van der Waals surface area contributed by atoms with Gasteiger partial charge in [0.15, 0.2) is 0 Å². The van der Waals surface area contributed by atoms with Gasteiger partial charge >= 0.3 is 0 Å². The van der Waals surface area contributed by atoms with E-state index in [0.29, 0.717) is 6.04 Å². The van der Waals surface area contributed by atoms with E-state index in [2.05, 4.69) is 43.1 Å². The molecular weight excluding hydrogens is 248 g/mol. The van der Waals surface area contributed by atoms with Crippen LogP contribution < -0.4 is 5.73 Å². The van der Waals surface area contributed by atoms with Gasteiger partial charge in [0.25, 0.3) is 0 Å². The molecule has 1 aliphatic carbocycles. The highest BCUT2D eigenvalue weighted by molar-refractivity contribution is 5.24. The number of hydrogen-bond donors (Lipinski definition) is 2. The van der Waals surface area contributed by atoms with Crippen LogP contribution in [0.2, 0.25) is 0 Å². The third kappa shape index (κ3) is 4.05. The molecule has 0 aromatic heterocycles. The highest BCUT2D eigenvalue weighted by atomic mass is 16.3. The van der Waals surface area contributed by atoms with E-state index in [1.807, 2.05) is 0 Å². The number of benzene rings is 1. The maximum absolute atomic E-state index is 10.1. The number of likely N-dealkylation sites (N-methyl/N-ethyl adjacent to an activating group) is 1. The van der Waals surface area contributed by atoms with Crippen LogP contribution in [-0.4, -0.2) is 35.7 Å². The van der Waals surface area contributed by atoms with Gasteiger partial charge in [0.05, 0.1) is 6.10 Å². The van der Waals surface area contributed by atoms with Crippen molar-refractivity contribution in [3.8, 4) is 0 Å². The van der Waals surface area contributed by atoms with Gasteiger partial charge in [0.2, 0.25) is 0 Å². The average Bonchev–Trinajstić information content (AvgIpc) is 2.45. The smallest absolute Gasteiger partial charge is 0.0695 e. The van der Waals surface area contributed by atoms with E-state index in [1.165, 1.54) is 17.5 Å². The van der Waals surface area contributed by atoms with Gasteiger partial charge in [-0.25, -0.2) is 0 Å². The van der Waals surface area contributed by atoms with E-state index in [9.17, 15) is 5.11 Å². The van der Waals surface area contributed by atoms with E-state index >= 15 is 0 Å². The van der Waals surface area contributed by atoms with Crippen LogP contribution in [-0.2, 0) is 0 Å². The Balaban J connectivity index is 1.84. The summed E-state index contributed by atoms with van der Waals surface area (Å²) in [5, 5.41) is 10.1. The number of nitrogens with zero attached hydrogens (tertiary/aromatic N) is 1. The average molecular weight is 276 g/mol. The Labute approximate surface area is 122 Å². The lowest BCUT2D eigenvalue weighted by molar-refractivity contribution is 0.0311. The monoisotopic (exact) mass is 276 g/mol. The Morgan fingerprint density at radius 1 is 1.35 bits per heavy atom. The number of rotatable bonds is 5. The number of aliphatic hydroxyl groups is 1. The van der Waals surface area contributed by atoms with Crippen LogP contribution in [0.3, 0.4) is 0 Å². The maximum atomic E-state index is 10.1. The highest BCUT2D eigenvalue weighted by Gasteiger charge is 2.26. The molecule has 0 aliphatic heterocycles. The standard InChI is InChI=1S/C17H28N2O/c1-13-6-5-7-14(12-13)15(18)10-11-19(2)16-8-3-4-9-17(16)20/h5-7,12,15-17,20H,3-4,8-11,18H2,1-2H3. The van der Waals surface area contributed by atoms with Gasteiger partial charge < -0.3 is 15.7 Å². The van der Waals surface area contributed by atoms with E-state index in [-0.39, 0.29) is 12.1 Å². The summed E-state index contributed by atoms with van der Waals surface area (Å²) >= 11 is 0. The zero-order valence-corrected chi connectivity index (χ0v) is 12.8. The number of aryl methyl sites for hydroxylation is 1. The van der Waals surface area contributed by atoms with Gasteiger partial charge in [0.1, 0.15) is 0 Å². The second-order valence-corrected chi connectivity index (χ2v) is 6.21. The van der Waals surface area contributed by atoms with Crippen molar-refractivity contribution in [2.45, 2.75) is 57.2 Å². The first-order chi connectivity index (χ1) is 9.58. The minimum Gasteiger partial charge on any atom is -0.391 e. The van der Waals surface area contributed by atoms with Gasteiger partial charge in [-0.05, 0) is 38.8 Å². The summed E-state index contributed by atoms with van der Waals surface area (Å²) in [5.74, 6) is 0. The Morgan fingerprint density at radius 2 is 2.10 bits per heavy atom. The molecule has 1 aliphatic rings. The molecule has 3 nitrogen and oxygen atoms in total. The molecule has 2 rings (SSSR count). The summed E-state index contributed by atoms with van der Waals surface area (Å²) < 4.78 is 0. The molecule has 3 N–H and O–H groups in total. The van der Waals surface area contributed by atoms with Gasteiger partial charge in [-0.15, -0.1) is 0 Å². The SMILES string of the molecule is Cc1cccc(C(N)CCN(C)C2CCCCC2O)c1. The molecule has 112 valence electrons. The third-order valence-electron chi connectivity index (χ3n) is 4.52. The van der Waals surface area contributed by atoms with Crippen molar-refractivity contribution in [3.63, 3.8) is 0 Å². The van der Waals surface area contributed by atoms with Crippen LogP contribution >= 0.6 is 0 Å². The first-order valence-corrected chi connectivity index (χ1v) is 7.78. The van der Waals surface area contributed by atoms with E-state index < -0.39 is 0 Å². The summed E-state index contributed by atoms with van der Waals surface area (Å²) in [6, 6.07) is 8.83. The lowest BCUT2D eigenvalue weighted by atomic mass is 9.91. The van der Waals surface area contributed by atoms with Crippen LogP contribution in [0.5, 0.6) is 0 Å². The number of hydrogen-bond acceptors (Lipinski definition) is 3. The molecule has 3 unspecified atom stereocenters. The van der Waals surface area contributed by atoms with Crippen molar-refractivity contribution >= 4 is 0 Å². The van der Waals surface area contributed by atoms with Crippen LogP contribution in [0, 0.1) is 6.92 Å². The molecule has 1 aromatic carbocycles. The summed E-state index contributed by atoms with van der Waals surface area (Å²) in [6.45, 7) is 3.04. The minimum atomic E-state index is -0.163. The summed E-state index contributed by atoms with van der Waals surface area (Å²) in [4.78, 5) is 2.29. The Bertz CT molecular complexity index is 421. The predicted octanol–water partition coefficient (Wildman–Crippen LogP) is 2.62. The van der Waals surface area contributed by atoms with E-state index in [1.54, 1.807) is 0 Å². The largest absolute Gasteiger partial charge is 0.391 e. The molecule has 0 heterocycles. The van der Waals surface area contributed by atoms with Crippen LogP contribution in [0.1, 0.15) is 49.3 Å². The molecule has 1 aromatic rings. The van der Waals surface area contributed by atoms with Crippen LogP contribution in [0.15, 0.2) is 24.3 Å². The molecule has 0 bridgehead atoms. The summed E-state index contributed by atoms with van der Waals surface area (Å²) in [5.41, 5.74) is 8.76. The highest BCUT2D eigenvalue weighted by Crippen LogP contribution is 2.23. The van der Waals surface area contributed by atoms with Gasteiger partial charge in [-0.3, -0.25) is 0 Å². The molecule has 3 atom stereocenters. The van der Waals surface area contributed by atoms with E-state index in [4.69, 9.17) is 5.73 Å². The van der Waals surface area contributed by atoms with Crippen molar-refractivity contribution in [2.24, 2.45) is 5.73 Å². The number of nitrogens with two attached hydrogens (primary N) is 1. The minimum absolute atomic E-state index is 0.0816. The molecule has 0 radical (unpaired) electrons. The molecule has 0 amide bonds. The molecule has 0 saturated heterocycles. The van der Waals surface area contributed by atoms with Crippen LogP contribution in [0.4, 0.5) is 0 Å². The molecule has 3 heteroatoms. The van der Waals surface area contributed by atoms with Crippen LogP contribution in [0.25, 0.3) is 0 Å². The normalized spacial score (nSPS) is 24.9. The Kier molecular flexibility index (Phi) is 5.58. The fourth-order valence-electron chi connectivity index (χ4n) is 3.18. The second-order valence-electron chi connectivity index (χ2n) is 6.21. The topological polar surface area (TPSA) is 49.5 Å². The first kappa shape index (κ1) is 15.5. The van der Waals surface area contributed by atoms with Crippen molar-refractivity contribution in [1.82, 2.24) is 4.90 Å². The quantitative estimate of drug-likeness (QED) is 0.869. The Hall–Kier alpha value is -0.900. The fraction of sp³-hybridized carbons (Fsp3) is 0.647. The van der Waals surface area contributed by atoms with Gasteiger partial charge in [0, 0.05) is 18.6 Å². The van der Waals surface area contributed by atoms with Crippen molar-refractivity contribution < 1.29 is 5.11 Å². The lowest BCUT2D eigenvalue weighted by Crippen LogP contribution is -2.44. The Morgan fingerprint density at radius 3 is 2.80 bits per heavy atom. The third-order valence-corrected chi connectivity index (χ3v) is 4.52. The maximum Gasteiger partial charge on any atom is 0.0695 e. The molecular formula is C17H28N2O. The zero-order chi connectivity index (χ0) is 14.5. The van der Waals surface area contributed by atoms with Crippen molar-refractivity contribution in [1.29, 1.82) is 0 Å². The molecule has 20 heavy (non-hydrogen) atoms. The lowest BCUT2D eigenvalue weighted by Gasteiger charge is -2.35. The molecule has 1 saturated carbocycles. The molecule has 0 spiro atoms. The van der Waals surface area contributed by atoms with Crippen molar-refractivity contribution in [2.75, 3.05) is 13.6 Å².